The number of aliphatic carboxylic acids is 1. The van der Waals surface area contributed by atoms with Crippen molar-refractivity contribution < 1.29 is 24.4 Å². The van der Waals surface area contributed by atoms with Gasteiger partial charge in [-0.3, -0.25) is 4.79 Å². The number of aryl methyl sites for hydroxylation is 1. The van der Waals surface area contributed by atoms with Gasteiger partial charge in [0.2, 0.25) is 5.91 Å². The SMILES string of the molecule is C[C@@H](O)[C@H]1C(=O)N2C(C(=O)[O-])=C(SCc3csc4n3c3ccccc3[n+]4C)[C@H](C)[C@H]12. The van der Waals surface area contributed by atoms with Crippen LogP contribution in [-0.2, 0) is 22.4 Å². The number of thiazole rings is 1. The Morgan fingerprint density at radius 3 is 2.83 bits per heavy atom. The largest absolute Gasteiger partial charge is 0.543 e. The fourth-order valence-electron chi connectivity index (χ4n) is 4.83. The highest BCUT2D eigenvalue weighted by Gasteiger charge is 2.58. The highest BCUT2D eigenvalue weighted by molar-refractivity contribution is 8.02. The Morgan fingerprint density at radius 1 is 1.40 bits per heavy atom. The zero-order valence-corrected chi connectivity index (χ0v) is 18.4. The van der Waals surface area contributed by atoms with E-state index in [1.165, 1.54) is 16.7 Å². The number of aliphatic hydroxyl groups is 1. The Morgan fingerprint density at radius 2 is 2.13 bits per heavy atom. The minimum atomic E-state index is -1.34. The first-order valence-electron chi connectivity index (χ1n) is 9.78. The van der Waals surface area contributed by atoms with Crippen LogP contribution in [0.4, 0.5) is 0 Å². The number of imidazole rings is 1. The minimum Gasteiger partial charge on any atom is -0.543 e. The van der Waals surface area contributed by atoms with Crippen LogP contribution >= 0.6 is 23.1 Å². The second-order valence-electron chi connectivity index (χ2n) is 7.94. The number of amides is 1. The average Bonchev–Trinajstić information content (AvgIpc) is 3.31. The lowest BCUT2D eigenvalue weighted by molar-refractivity contribution is -0.616. The van der Waals surface area contributed by atoms with E-state index in [1.807, 2.05) is 26.1 Å². The number of para-hydroxylation sites is 2. The molecule has 1 aromatic carbocycles. The fourth-order valence-corrected chi connectivity index (χ4v) is 7.18. The van der Waals surface area contributed by atoms with Gasteiger partial charge in [0.15, 0.2) is 11.0 Å². The van der Waals surface area contributed by atoms with Crippen LogP contribution in [0.15, 0.2) is 40.2 Å². The second kappa shape index (κ2) is 6.83. The number of aliphatic hydroxyl groups excluding tert-OH is 1. The molecule has 4 heterocycles. The van der Waals surface area contributed by atoms with Crippen LogP contribution in [0.3, 0.4) is 0 Å². The van der Waals surface area contributed by atoms with E-state index >= 15 is 0 Å². The van der Waals surface area contributed by atoms with Gasteiger partial charge in [-0.15, -0.1) is 11.8 Å². The first kappa shape index (κ1) is 19.6. The molecule has 0 unspecified atom stereocenters. The minimum absolute atomic E-state index is 0.0335. The van der Waals surface area contributed by atoms with Crippen molar-refractivity contribution in [3.8, 4) is 0 Å². The van der Waals surface area contributed by atoms with Gasteiger partial charge in [0, 0.05) is 16.2 Å². The van der Waals surface area contributed by atoms with E-state index in [2.05, 4.69) is 26.5 Å². The van der Waals surface area contributed by atoms with Crippen molar-refractivity contribution in [3.63, 3.8) is 0 Å². The molecule has 1 N–H and O–H groups in total. The van der Waals surface area contributed by atoms with Gasteiger partial charge >= 0.3 is 4.96 Å². The molecule has 2 aromatic heterocycles. The topological polar surface area (TPSA) is 89.0 Å². The lowest BCUT2D eigenvalue weighted by Gasteiger charge is -2.47. The standard InChI is InChI=1S/C21H21N3O4S2/c1-10-16-15(11(2)25)19(26)24(16)17(20(27)28)18(10)29-8-12-9-30-21-22(3)13-6-4-5-7-14(13)23(12)21/h4-7,9-11,15-16,25H,8H2,1-3H3/t10-,11-,15-,16-/m1/s1. The van der Waals surface area contributed by atoms with Crippen LogP contribution in [0.5, 0.6) is 0 Å². The normalized spacial score (nSPS) is 24.6. The molecule has 9 heteroatoms. The van der Waals surface area contributed by atoms with Crippen LogP contribution in [-0.4, -0.2) is 38.4 Å². The van der Waals surface area contributed by atoms with E-state index in [0.29, 0.717) is 10.7 Å². The van der Waals surface area contributed by atoms with Gasteiger partial charge in [-0.25, -0.2) is 4.57 Å². The number of rotatable bonds is 5. The predicted octanol–water partition coefficient (Wildman–Crippen LogP) is 1.03. The molecule has 0 bridgehead atoms. The number of benzene rings is 1. The molecule has 5 rings (SSSR count). The summed E-state index contributed by atoms with van der Waals surface area (Å²) in [4.78, 5) is 27.4. The van der Waals surface area contributed by atoms with E-state index in [0.717, 1.165) is 21.7 Å². The summed E-state index contributed by atoms with van der Waals surface area (Å²) in [5, 5.41) is 23.9. The number of β-lactam (4-membered cyclic amide) rings is 1. The van der Waals surface area contributed by atoms with Crippen molar-refractivity contribution in [2.75, 3.05) is 0 Å². The molecule has 30 heavy (non-hydrogen) atoms. The summed E-state index contributed by atoms with van der Waals surface area (Å²) in [5.41, 5.74) is 3.28. The van der Waals surface area contributed by atoms with Gasteiger partial charge < -0.3 is 19.9 Å². The number of thioether (sulfide) groups is 1. The first-order chi connectivity index (χ1) is 14.3. The molecule has 1 amide bonds. The molecule has 0 radical (unpaired) electrons. The molecule has 0 saturated carbocycles. The van der Waals surface area contributed by atoms with Crippen molar-refractivity contribution in [2.45, 2.75) is 31.7 Å². The van der Waals surface area contributed by atoms with Gasteiger partial charge in [0.25, 0.3) is 0 Å². The highest BCUT2D eigenvalue weighted by atomic mass is 32.2. The van der Waals surface area contributed by atoms with Crippen LogP contribution in [0.1, 0.15) is 19.5 Å². The molecule has 3 aromatic rings. The number of hydrogen-bond acceptors (Lipinski definition) is 6. The first-order valence-corrected chi connectivity index (χ1v) is 11.6. The smallest absolute Gasteiger partial charge is 0.346 e. The second-order valence-corrected chi connectivity index (χ2v) is 9.79. The van der Waals surface area contributed by atoms with E-state index < -0.39 is 18.0 Å². The maximum Gasteiger partial charge on any atom is 0.346 e. The number of fused-ring (bicyclic) bond motifs is 4. The number of carboxylic acid groups (broad SMARTS) is 1. The Kier molecular flexibility index (Phi) is 4.46. The zero-order chi connectivity index (χ0) is 21.3. The van der Waals surface area contributed by atoms with E-state index in [9.17, 15) is 19.8 Å². The average molecular weight is 444 g/mol. The molecule has 156 valence electrons. The molecule has 0 aliphatic carbocycles. The molecule has 7 nitrogen and oxygen atoms in total. The molecular weight excluding hydrogens is 422 g/mol. The molecule has 1 fully saturated rings. The molecule has 2 aliphatic heterocycles. The number of carbonyl (C=O) groups excluding carboxylic acids is 2. The number of carboxylic acids is 1. The number of hydrogen-bond donors (Lipinski definition) is 1. The summed E-state index contributed by atoms with van der Waals surface area (Å²) in [6, 6.07) is 7.85. The maximum atomic E-state index is 12.5. The highest BCUT2D eigenvalue weighted by Crippen LogP contribution is 2.50. The van der Waals surface area contributed by atoms with E-state index in [1.54, 1.807) is 18.3 Å². The Labute approximate surface area is 181 Å². The quantitative estimate of drug-likeness (QED) is 0.470. The van der Waals surface area contributed by atoms with E-state index in [-0.39, 0.29) is 23.6 Å². The molecular formula is C21H21N3O4S2. The van der Waals surface area contributed by atoms with Crippen LogP contribution in [0, 0.1) is 11.8 Å². The van der Waals surface area contributed by atoms with Gasteiger partial charge in [0.1, 0.15) is 5.69 Å². The lowest BCUT2D eigenvalue weighted by atomic mass is 9.79. The number of nitrogens with zero attached hydrogens (tertiary/aromatic N) is 3. The Balaban J connectivity index is 1.50. The third-order valence-corrected chi connectivity index (χ3v) is 8.60. The van der Waals surface area contributed by atoms with Gasteiger partial charge in [-0.2, -0.15) is 4.40 Å². The summed E-state index contributed by atoms with van der Waals surface area (Å²) >= 11 is 3.09. The van der Waals surface area contributed by atoms with Crippen molar-refractivity contribution >= 4 is 51.0 Å². The van der Waals surface area contributed by atoms with Gasteiger partial charge in [-0.05, 0) is 19.1 Å². The summed E-state index contributed by atoms with van der Waals surface area (Å²) in [6.45, 7) is 3.50. The molecule has 4 atom stereocenters. The Hall–Kier alpha value is -2.36. The Bertz CT molecular complexity index is 1240. The predicted molar refractivity (Wildman–Crippen MR) is 112 cm³/mol. The number of carbonyl (C=O) groups is 2. The maximum absolute atomic E-state index is 12.5. The molecule has 2 aliphatic rings. The van der Waals surface area contributed by atoms with Crippen molar-refractivity contribution in [3.05, 3.63) is 45.9 Å². The zero-order valence-electron chi connectivity index (χ0n) is 16.7. The van der Waals surface area contributed by atoms with Crippen molar-refractivity contribution in [2.24, 2.45) is 18.9 Å². The lowest BCUT2D eigenvalue weighted by Crippen LogP contribution is -2.64. The van der Waals surface area contributed by atoms with Crippen LogP contribution < -0.4 is 9.67 Å². The summed E-state index contributed by atoms with van der Waals surface area (Å²) in [7, 11) is 2.04. The van der Waals surface area contributed by atoms with E-state index in [4.69, 9.17) is 0 Å². The summed E-state index contributed by atoms with van der Waals surface area (Å²) in [6.07, 6.45) is -0.809. The third-order valence-electron chi connectivity index (χ3n) is 6.23. The summed E-state index contributed by atoms with van der Waals surface area (Å²) < 4.78 is 4.35. The fraction of sp³-hybridized carbons (Fsp3) is 0.381. The molecule has 1 saturated heterocycles. The summed E-state index contributed by atoms with van der Waals surface area (Å²) in [5.74, 6) is -1.82. The van der Waals surface area contributed by atoms with Gasteiger partial charge in [-0.1, -0.05) is 30.4 Å². The van der Waals surface area contributed by atoms with Crippen molar-refractivity contribution in [1.82, 2.24) is 9.30 Å². The molecule has 0 spiro atoms. The van der Waals surface area contributed by atoms with Crippen LogP contribution in [0.2, 0.25) is 0 Å². The third kappa shape index (κ3) is 2.52. The van der Waals surface area contributed by atoms with Gasteiger partial charge in [0.05, 0.1) is 42.5 Å². The van der Waals surface area contributed by atoms with Crippen LogP contribution in [0.25, 0.3) is 16.0 Å². The number of aromatic nitrogens is 2. The monoisotopic (exact) mass is 443 g/mol. The van der Waals surface area contributed by atoms with Crippen molar-refractivity contribution in [1.29, 1.82) is 0 Å².